The van der Waals surface area contributed by atoms with Gasteiger partial charge < -0.3 is 5.32 Å². The summed E-state index contributed by atoms with van der Waals surface area (Å²) in [5.74, 6) is -0.132. The molecular formula is C20H25ClN2O3S. The lowest BCUT2D eigenvalue weighted by molar-refractivity contribution is -0.116. The molecule has 0 fully saturated rings. The molecule has 1 amide bonds. The molecule has 0 saturated carbocycles. The minimum Gasteiger partial charge on any atom is -0.326 e. The Labute approximate surface area is 166 Å². The Hall–Kier alpha value is -2.05. The van der Waals surface area contributed by atoms with Crippen LogP contribution in [-0.2, 0) is 21.2 Å². The van der Waals surface area contributed by atoms with Crippen LogP contribution in [0.15, 0.2) is 42.5 Å². The molecule has 0 aliphatic heterocycles. The monoisotopic (exact) mass is 408 g/mol. The molecule has 0 spiro atoms. The highest BCUT2D eigenvalue weighted by molar-refractivity contribution is 7.92. The van der Waals surface area contributed by atoms with Crippen molar-refractivity contribution in [1.29, 1.82) is 0 Å². The summed E-state index contributed by atoms with van der Waals surface area (Å²) in [6.45, 7) is 4.07. The van der Waals surface area contributed by atoms with Crippen molar-refractivity contribution in [2.75, 3.05) is 22.4 Å². The van der Waals surface area contributed by atoms with Gasteiger partial charge in [-0.1, -0.05) is 42.8 Å². The van der Waals surface area contributed by atoms with Crippen LogP contribution < -0.4 is 9.62 Å². The molecule has 0 heterocycles. The molecule has 7 heteroatoms. The molecule has 2 aromatic rings. The van der Waals surface area contributed by atoms with Gasteiger partial charge in [-0.25, -0.2) is 8.42 Å². The number of anilines is 2. The van der Waals surface area contributed by atoms with Crippen molar-refractivity contribution in [3.8, 4) is 0 Å². The number of hydrogen-bond donors (Lipinski definition) is 1. The van der Waals surface area contributed by atoms with Crippen LogP contribution in [0.5, 0.6) is 0 Å². The third-order valence-electron chi connectivity index (χ3n) is 4.28. The van der Waals surface area contributed by atoms with E-state index in [9.17, 15) is 13.2 Å². The highest BCUT2D eigenvalue weighted by Gasteiger charge is 2.20. The predicted molar refractivity (Wildman–Crippen MR) is 112 cm³/mol. The van der Waals surface area contributed by atoms with Gasteiger partial charge in [0, 0.05) is 23.7 Å². The Morgan fingerprint density at radius 3 is 2.56 bits per heavy atom. The average molecular weight is 409 g/mol. The summed E-state index contributed by atoms with van der Waals surface area (Å²) in [5, 5.41) is 3.38. The first-order valence-electron chi connectivity index (χ1n) is 8.84. The van der Waals surface area contributed by atoms with E-state index < -0.39 is 10.0 Å². The lowest BCUT2D eigenvalue weighted by Crippen LogP contribution is -2.32. The van der Waals surface area contributed by atoms with Crippen LogP contribution in [0.4, 0.5) is 11.4 Å². The largest absolute Gasteiger partial charge is 0.326 e. The first-order chi connectivity index (χ1) is 12.7. The first-order valence-corrected chi connectivity index (χ1v) is 11.1. The predicted octanol–water partition coefficient (Wildman–Crippen LogP) is 4.40. The number of aryl methyl sites for hydroxylation is 2. The number of nitrogens with zero attached hydrogens (tertiary/aromatic N) is 1. The SMILES string of the molecule is CCc1ccccc1NC(=O)CCCN(c1cc(Cl)ccc1C)S(C)(=O)=O. The first kappa shape index (κ1) is 21.3. The second kappa shape index (κ2) is 9.24. The summed E-state index contributed by atoms with van der Waals surface area (Å²) in [6, 6.07) is 12.8. The molecule has 0 aromatic heterocycles. The van der Waals surface area contributed by atoms with Gasteiger partial charge in [0.15, 0.2) is 0 Å². The van der Waals surface area contributed by atoms with Crippen molar-refractivity contribution in [2.45, 2.75) is 33.1 Å². The number of nitrogens with one attached hydrogen (secondary N) is 1. The van der Waals surface area contributed by atoms with Crippen LogP contribution in [0, 0.1) is 6.92 Å². The third-order valence-corrected chi connectivity index (χ3v) is 5.69. The fourth-order valence-electron chi connectivity index (χ4n) is 2.86. The second-order valence-electron chi connectivity index (χ2n) is 6.43. The van der Waals surface area contributed by atoms with Gasteiger partial charge in [-0.15, -0.1) is 0 Å². The Balaban J connectivity index is 2.04. The van der Waals surface area contributed by atoms with E-state index in [-0.39, 0.29) is 18.9 Å². The molecule has 146 valence electrons. The number of sulfonamides is 1. The molecule has 2 aromatic carbocycles. The summed E-state index contributed by atoms with van der Waals surface area (Å²) in [7, 11) is -3.48. The highest BCUT2D eigenvalue weighted by Crippen LogP contribution is 2.26. The van der Waals surface area contributed by atoms with Crippen LogP contribution in [-0.4, -0.2) is 27.1 Å². The lowest BCUT2D eigenvalue weighted by Gasteiger charge is -2.24. The van der Waals surface area contributed by atoms with E-state index in [0.29, 0.717) is 17.1 Å². The normalized spacial score (nSPS) is 11.3. The Bertz CT molecular complexity index is 913. The molecule has 5 nitrogen and oxygen atoms in total. The van der Waals surface area contributed by atoms with Crippen LogP contribution in [0.3, 0.4) is 0 Å². The minimum absolute atomic E-state index is 0.132. The van der Waals surface area contributed by atoms with Gasteiger partial charge in [0.25, 0.3) is 0 Å². The molecule has 0 aliphatic carbocycles. The van der Waals surface area contributed by atoms with Crippen molar-refractivity contribution in [1.82, 2.24) is 0 Å². The Kier molecular flexibility index (Phi) is 7.27. The molecule has 0 unspecified atom stereocenters. The number of halogens is 1. The van der Waals surface area contributed by atoms with E-state index >= 15 is 0 Å². The van der Waals surface area contributed by atoms with Gasteiger partial charge in [0.2, 0.25) is 15.9 Å². The number of para-hydroxylation sites is 1. The van der Waals surface area contributed by atoms with Crippen LogP contribution in [0.25, 0.3) is 0 Å². The minimum atomic E-state index is -3.48. The highest BCUT2D eigenvalue weighted by atomic mass is 35.5. The average Bonchev–Trinajstić information content (AvgIpc) is 2.60. The molecule has 0 bridgehead atoms. The van der Waals surface area contributed by atoms with E-state index in [1.807, 2.05) is 38.1 Å². The summed E-state index contributed by atoms with van der Waals surface area (Å²) in [4.78, 5) is 12.3. The van der Waals surface area contributed by atoms with Crippen molar-refractivity contribution in [3.05, 3.63) is 58.6 Å². The van der Waals surface area contributed by atoms with Crippen molar-refractivity contribution in [2.24, 2.45) is 0 Å². The molecule has 0 saturated heterocycles. The molecule has 27 heavy (non-hydrogen) atoms. The van der Waals surface area contributed by atoms with E-state index in [0.717, 1.165) is 29.5 Å². The van der Waals surface area contributed by atoms with E-state index in [1.165, 1.54) is 4.31 Å². The maximum absolute atomic E-state index is 12.3. The van der Waals surface area contributed by atoms with Crippen LogP contribution >= 0.6 is 11.6 Å². The zero-order chi connectivity index (χ0) is 20.0. The van der Waals surface area contributed by atoms with E-state index in [2.05, 4.69) is 5.32 Å². The molecule has 2 rings (SSSR count). The maximum Gasteiger partial charge on any atom is 0.232 e. The molecular weight excluding hydrogens is 384 g/mol. The third kappa shape index (κ3) is 5.97. The molecule has 0 radical (unpaired) electrons. The topological polar surface area (TPSA) is 66.5 Å². The fraction of sp³-hybridized carbons (Fsp3) is 0.350. The maximum atomic E-state index is 12.3. The van der Waals surface area contributed by atoms with Crippen LogP contribution in [0.1, 0.15) is 30.9 Å². The molecule has 0 atom stereocenters. The van der Waals surface area contributed by atoms with Crippen LogP contribution in [0.2, 0.25) is 5.02 Å². The van der Waals surface area contributed by atoms with Crippen molar-refractivity contribution >= 4 is 38.9 Å². The van der Waals surface area contributed by atoms with Gasteiger partial charge in [-0.2, -0.15) is 0 Å². The smallest absolute Gasteiger partial charge is 0.232 e. The summed E-state index contributed by atoms with van der Waals surface area (Å²) in [5.41, 5.74) is 3.22. The van der Waals surface area contributed by atoms with Gasteiger partial charge in [-0.05, 0) is 49.1 Å². The summed E-state index contributed by atoms with van der Waals surface area (Å²) in [6.07, 6.45) is 2.61. The summed E-state index contributed by atoms with van der Waals surface area (Å²) >= 11 is 6.03. The second-order valence-corrected chi connectivity index (χ2v) is 8.77. The van der Waals surface area contributed by atoms with Gasteiger partial charge in [-0.3, -0.25) is 9.10 Å². The number of amides is 1. The van der Waals surface area contributed by atoms with Crippen molar-refractivity contribution in [3.63, 3.8) is 0 Å². The number of rotatable bonds is 8. The van der Waals surface area contributed by atoms with E-state index in [4.69, 9.17) is 11.6 Å². The van der Waals surface area contributed by atoms with Gasteiger partial charge in [0.05, 0.1) is 11.9 Å². The zero-order valence-corrected chi connectivity index (χ0v) is 17.4. The Morgan fingerprint density at radius 2 is 1.89 bits per heavy atom. The number of carbonyl (C=O) groups is 1. The van der Waals surface area contributed by atoms with Gasteiger partial charge >= 0.3 is 0 Å². The number of carbonyl (C=O) groups excluding carboxylic acids is 1. The molecule has 0 aliphatic rings. The number of benzene rings is 2. The number of hydrogen-bond acceptors (Lipinski definition) is 3. The van der Waals surface area contributed by atoms with Crippen molar-refractivity contribution < 1.29 is 13.2 Å². The fourth-order valence-corrected chi connectivity index (χ4v) is 4.04. The Morgan fingerprint density at radius 1 is 1.19 bits per heavy atom. The molecule has 1 N–H and O–H groups in total. The van der Waals surface area contributed by atoms with E-state index in [1.54, 1.807) is 18.2 Å². The zero-order valence-electron chi connectivity index (χ0n) is 15.8. The quantitative estimate of drug-likeness (QED) is 0.704. The lowest BCUT2D eigenvalue weighted by atomic mass is 10.1. The van der Waals surface area contributed by atoms with Gasteiger partial charge in [0.1, 0.15) is 0 Å². The standard InChI is InChI=1S/C20H25ClN2O3S/c1-4-16-8-5-6-9-18(16)22-20(24)10-7-13-23(27(3,25)26)19-14-17(21)12-11-15(19)2/h5-6,8-9,11-12,14H,4,7,10,13H2,1-3H3,(H,22,24). The summed E-state index contributed by atoms with van der Waals surface area (Å²) < 4.78 is 25.8.